The number of carbonyl (C=O) groups is 1. The fourth-order valence-corrected chi connectivity index (χ4v) is 4.68. The van der Waals surface area contributed by atoms with E-state index < -0.39 is 21.6 Å². The summed E-state index contributed by atoms with van der Waals surface area (Å²) in [6, 6.07) is 6.78. The molecule has 0 spiro atoms. The lowest BCUT2D eigenvalue weighted by Gasteiger charge is -2.20. The van der Waals surface area contributed by atoms with E-state index in [1.54, 1.807) is 24.3 Å². The minimum Gasteiger partial charge on any atom is -0.506 e. The minimum atomic E-state index is -3.45. The Kier molecular flexibility index (Phi) is 4.98. The van der Waals surface area contributed by atoms with Gasteiger partial charge in [-0.05, 0) is 49.3 Å². The summed E-state index contributed by atoms with van der Waals surface area (Å²) < 4.78 is 31.1. The average Bonchev–Trinajstić information content (AvgIpc) is 3.46. The van der Waals surface area contributed by atoms with Gasteiger partial charge in [0.15, 0.2) is 5.78 Å². The van der Waals surface area contributed by atoms with Gasteiger partial charge < -0.3 is 9.52 Å². The second kappa shape index (κ2) is 7.33. The molecule has 0 bridgehead atoms. The van der Waals surface area contributed by atoms with Crippen molar-refractivity contribution in [1.29, 1.82) is 0 Å². The maximum Gasteiger partial charge on any atom is 0.343 e. The first-order valence-corrected chi connectivity index (χ1v) is 11.6. The molecule has 1 aromatic carbocycles. The molecule has 7 nitrogen and oxygen atoms in total. The van der Waals surface area contributed by atoms with E-state index in [0.717, 1.165) is 25.5 Å². The quantitative estimate of drug-likeness (QED) is 0.723. The van der Waals surface area contributed by atoms with Crippen LogP contribution >= 0.6 is 0 Å². The summed E-state index contributed by atoms with van der Waals surface area (Å²) in [4.78, 5) is 25.4. The van der Waals surface area contributed by atoms with Crippen molar-refractivity contribution in [2.75, 3.05) is 11.0 Å². The number of benzene rings is 1. The van der Waals surface area contributed by atoms with Crippen LogP contribution < -0.4 is 10.3 Å². The van der Waals surface area contributed by atoms with Gasteiger partial charge in [-0.1, -0.05) is 12.1 Å². The molecule has 29 heavy (non-hydrogen) atoms. The molecular formula is C21H23NO6S. The largest absolute Gasteiger partial charge is 0.506 e. The zero-order valence-corrected chi connectivity index (χ0v) is 16.9. The molecule has 1 saturated carbocycles. The molecule has 154 valence electrons. The van der Waals surface area contributed by atoms with E-state index in [4.69, 9.17) is 4.42 Å². The third kappa shape index (κ3) is 4.07. The van der Waals surface area contributed by atoms with Crippen molar-refractivity contribution in [3.63, 3.8) is 0 Å². The Hall–Kier alpha value is -2.61. The number of hydrogen-bond acceptors (Lipinski definition) is 6. The van der Waals surface area contributed by atoms with E-state index in [9.17, 15) is 23.1 Å². The predicted octanol–water partition coefficient (Wildman–Crippen LogP) is 3.17. The maximum absolute atomic E-state index is 12.8. The molecule has 0 aliphatic heterocycles. The van der Waals surface area contributed by atoms with Gasteiger partial charge in [-0.25, -0.2) is 13.2 Å². The Morgan fingerprint density at radius 2 is 1.90 bits per heavy atom. The Labute approximate surface area is 168 Å². The number of sulfonamides is 1. The van der Waals surface area contributed by atoms with Gasteiger partial charge in [0.1, 0.15) is 11.5 Å². The van der Waals surface area contributed by atoms with Crippen LogP contribution in [0.4, 0.5) is 5.69 Å². The highest BCUT2D eigenvalue weighted by molar-refractivity contribution is 7.92. The van der Waals surface area contributed by atoms with Crippen LogP contribution in [0.25, 0.3) is 0 Å². The van der Waals surface area contributed by atoms with E-state index in [2.05, 4.69) is 4.72 Å². The summed E-state index contributed by atoms with van der Waals surface area (Å²) in [5.41, 5.74) is 0.677. The third-order valence-electron chi connectivity index (χ3n) is 5.50. The van der Waals surface area contributed by atoms with Crippen LogP contribution in [-0.2, 0) is 16.4 Å². The van der Waals surface area contributed by atoms with Gasteiger partial charge in [-0.2, -0.15) is 0 Å². The van der Waals surface area contributed by atoms with E-state index in [1.165, 1.54) is 0 Å². The number of fused-ring (bicyclic) bond motifs is 1. The van der Waals surface area contributed by atoms with Crippen molar-refractivity contribution in [3.05, 3.63) is 57.1 Å². The van der Waals surface area contributed by atoms with Crippen LogP contribution in [0.3, 0.4) is 0 Å². The normalized spacial score (nSPS) is 18.0. The fourth-order valence-electron chi connectivity index (χ4n) is 4.13. The van der Waals surface area contributed by atoms with Crippen molar-refractivity contribution in [2.45, 2.75) is 44.4 Å². The zero-order valence-electron chi connectivity index (χ0n) is 16.1. The monoisotopic (exact) mass is 417 g/mol. The summed E-state index contributed by atoms with van der Waals surface area (Å²) in [7, 11) is -3.45. The topological polar surface area (TPSA) is 114 Å². The molecule has 2 N–H and O–H groups in total. The number of Topliss-reactive ketones (excluding diaryl/α,β-unsaturated/α-hetero) is 1. The number of ketones is 1. The SMILES string of the molecule is CS(=O)(=O)Nc1cccc(C(c2c(O)c3c(oc2=O)CCCCC3=O)C2CC2)c1. The van der Waals surface area contributed by atoms with Crippen molar-refractivity contribution >= 4 is 21.5 Å². The van der Waals surface area contributed by atoms with Gasteiger partial charge >= 0.3 is 5.63 Å². The molecule has 8 heteroatoms. The number of hydrogen-bond donors (Lipinski definition) is 2. The van der Waals surface area contributed by atoms with E-state index in [1.807, 2.05) is 0 Å². The van der Waals surface area contributed by atoms with Gasteiger partial charge in [0.05, 0.1) is 17.4 Å². The lowest BCUT2D eigenvalue weighted by Crippen LogP contribution is -2.19. The number of rotatable bonds is 5. The first-order valence-electron chi connectivity index (χ1n) is 9.74. The Balaban J connectivity index is 1.85. The molecule has 4 rings (SSSR count). The summed E-state index contributed by atoms with van der Waals surface area (Å²) >= 11 is 0. The molecule has 1 heterocycles. The van der Waals surface area contributed by atoms with E-state index in [-0.39, 0.29) is 34.3 Å². The number of carbonyl (C=O) groups excluding carboxylic acids is 1. The Morgan fingerprint density at radius 1 is 1.17 bits per heavy atom. The lowest BCUT2D eigenvalue weighted by molar-refractivity contribution is 0.0976. The van der Waals surface area contributed by atoms with Gasteiger partial charge in [0, 0.05) is 24.4 Å². The summed E-state index contributed by atoms with van der Waals surface area (Å²) in [5.74, 6) is -0.561. The summed E-state index contributed by atoms with van der Waals surface area (Å²) in [6.45, 7) is 0. The molecule has 2 aliphatic rings. The predicted molar refractivity (Wildman–Crippen MR) is 108 cm³/mol. The highest BCUT2D eigenvalue weighted by Crippen LogP contribution is 2.49. The molecule has 1 atom stereocenters. The van der Waals surface area contributed by atoms with Crippen molar-refractivity contribution in [3.8, 4) is 5.75 Å². The minimum absolute atomic E-state index is 0.0954. The van der Waals surface area contributed by atoms with E-state index >= 15 is 0 Å². The number of aromatic hydroxyl groups is 1. The van der Waals surface area contributed by atoms with Crippen molar-refractivity contribution in [1.82, 2.24) is 0 Å². The van der Waals surface area contributed by atoms with Crippen LogP contribution in [0.1, 0.15) is 65.3 Å². The van der Waals surface area contributed by atoms with Gasteiger partial charge in [0.25, 0.3) is 0 Å². The molecule has 2 aromatic rings. The van der Waals surface area contributed by atoms with Gasteiger partial charge in [-0.3, -0.25) is 9.52 Å². The van der Waals surface area contributed by atoms with Gasteiger partial charge in [-0.15, -0.1) is 0 Å². The zero-order chi connectivity index (χ0) is 20.8. The van der Waals surface area contributed by atoms with Crippen molar-refractivity contribution < 1.29 is 22.7 Å². The Morgan fingerprint density at radius 3 is 2.59 bits per heavy atom. The average molecular weight is 417 g/mol. The Bertz CT molecular complexity index is 1130. The summed E-state index contributed by atoms with van der Waals surface area (Å²) in [5, 5.41) is 11.0. The highest BCUT2D eigenvalue weighted by atomic mass is 32.2. The van der Waals surface area contributed by atoms with Gasteiger partial charge in [0.2, 0.25) is 10.0 Å². The van der Waals surface area contributed by atoms with Crippen molar-refractivity contribution in [2.24, 2.45) is 5.92 Å². The molecule has 1 unspecified atom stereocenters. The van der Waals surface area contributed by atoms with Crippen LogP contribution in [0, 0.1) is 5.92 Å². The van der Waals surface area contributed by atoms with E-state index in [0.29, 0.717) is 30.5 Å². The first-order chi connectivity index (χ1) is 13.7. The number of anilines is 1. The second-order valence-corrected chi connectivity index (χ2v) is 9.64. The highest BCUT2D eigenvalue weighted by Gasteiger charge is 2.39. The number of nitrogens with one attached hydrogen (secondary N) is 1. The first kappa shape index (κ1) is 19.7. The molecule has 0 radical (unpaired) electrons. The van der Waals surface area contributed by atoms with Crippen LogP contribution in [0.5, 0.6) is 5.75 Å². The molecule has 2 aliphatic carbocycles. The molecular weight excluding hydrogens is 394 g/mol. The maximum atomic E-state index is 12.8. The molecule has 1 aromatic heterocycles. The molecule has 0 amide bonds. The molecule has 0 saturated heterocycles. The number of aryl methyl sites for hydroxylation is 1. The lowest BCUT2D eigenvalue weighted by atomic mass is 9.86. The molecule has 1 fully saturated rings. The van der Waals surface area contributed by atoms with Crippen LogP contribution in [0.15, 0.2) is 33.5 Å². The second-order valence-electron chi connectivity index (χ2n) is 7.90. The standard InChI is InChI=1S/C21H23NO6S/c1-29(26,27)22-14-6-4-5-13(11-14)17(12-9-10-12)19-20(24)18-15(23)7-2-3-8-16(18)28-21(19)25/h4-6,11-12,17,22,24H,2-3,7-10H2,1H3. The third-order valence-corrected chi connectivity index (χ3v) is 6.10. The van der Waals surface area contributed by atoms with Crippen LogP contribution in [0.2, 0.25) is 0 Å². The smallest absolute Gasteiger partial charge is 0.343 e. The van der Waals surface area contributed by atoms with Crippen LogP contribution in [-0.4, -0.2) is 25.6 Å². The summed E-state index contributed by atoms with van der Waals surface area (Å²) in [6.07, 6.45) is 5.00. The fraction of sp³-hybridized carbons (Fsp3) is 0.429.